The molecule has 1 aliphatic rings. The molecule has 0 saturated carbocycles. The second-order valence-electron chi connectivity index (χ2n) is 6.03. The van der Waals surface area contributed by atoms with Crippen molar-refractivity contribution in [3.05, 3.63) is 36.7 Å². The number of benzene rings is 1. The Hall–Kier alpha value is -2.39. The molecule has 1 aliphatic heterocycles. The molecule has 1 aromatic carbocycles. The summed E-state index contributed by atoms with van der Waals surface area (Å²) in [5.41, 5.74) is 0.619. The lowest BCUT2D eigenvalue weighted by Crippen LogP contribution is -2.34. The molecule has 0 aliphatic carbocycles. The largest absolute Gasteiger partial charge is 0.495 e. The number of hydrogen-bond acceptors (Lipinski definition) is 5. The molecule has 0 radical (unpaired) electrons. The first kappa shape index (κ1) is 18.4. The quantitative estimate of drug-likeness (QED) is 0.810. The van der Waals surface area contributed by atoms with Gasteiger partial charge in [0.2, 0.25) is 15.9 Å². The van der Waals surface area contributed by atoms with Gasteiger partial charge in [0.25, 0.3) is 0 Å². The number of nitrogens with one attached hydrogen (secondary N) is 1. The number of ether oxygens (including phenoxy) is 1. The van der Waals surface area contributed by atoms with Gasteiger partial charge in [0.05, 0.1) is 18.7 Å². The fourth-order valence-electron chi connectivity index (χ4n) is 3.05. The first-order valence-electron chi connectivity index (χ1n) is 8.43. The SMILES string of the molecule is CCNC(=O)[C@H]1CCN(S(=O)(=O)c2cc(-n3cccn3)ccc2OC)C1. The summed E-state index contributed by atoms with van der Waals surface area (Å²) in [6.07, 6.45) is 3.86. The maximum absolute atomic E-state index is 13.1. The van der Waals surface area contributed by atoms with Crippen molar-refractivity contribution in [1.29, 1.82) is 0 Å². The minimum atomic E-state index is -3.79. The monoisotopic (exact) mass is 378 g/mol. The Morgan fingerprint density at radius 2 is 2.23 bits per heavy atom. The van der Waals surface area contributed by atoms with Crippen molar-refractivity contribution < 1.29 is 17.9 Å². The lowest BCUT2D eigenvalue weighted by atomic mass is 10.1. The normalized spacial score (nSPS) is 18.0. The maximum Gasteiger partial charge on any atom is 0.246 e. The Labute approximate surface area is 152 Å². The Morgan fingerprint density at radius 3 is 2.88 bits per heavy atom. The van der Waals surface area contributed by atoms with Crippen molar-refractivity contribution in [1.82, 2.24) is 19.4 Å². The molecule has 140 valence electrons. The number of nitrogens with zero attached hydrogens (tertiary/aromatic N) is 3. The van der Waals surface area contributed by atoms with Crippen molar-refractivity contribution in [2.24, 2.45) is 5.92 Å². The third-order valence-corrected chi connectivity index (χ3v) is 6.29. The number of rotatable bonds is 6. The van der Waals surface area contributed by atoms with Crippen molar-refractivity contribution in [2.75, 3.05) is 26.7 Å². The number of methoxy groups -OCH3 is 1. The van der Waals surface area contributed by atoms with E-state index in [2.05, 4.69) is 10.4 Å². The molecule has 3 rings (SSSR count). The fraction of sp³-hybridized carbons (Fsp3) is 0.412. The summed E-state index contributed by atoms with van der Waals surface area (Å²) in [4.78, 5) is 12.1. The number of hydrogen-bond donors (Lipinski definition) is 1. The molecule has 1 aromatic heterocycles. The first-order valence-corrected chi connectivity index (χ1v) is 9.87. The molecule has 8 nitrogen and oxygen atoms in total. The average molecular weight is 378 g/mol. The predicted octanol–water partition coefficient (Wildman–Crippen LogP) is 1.03. The van der Waals surface area contributed by atoms with Crippen LogP contribution in [0.15, 0.2) is 41.6 Å². The van der Waals surface area contributed by atoms with Crippen molar-refractivity contribution in [3.8, 4) is 11.4 Å². The van der Waals surface area contributed by atoms with E-state index in [1.165, 1.54) is 11.4 Å². The lowest BCUT2D eigenvalue weighted by Gasteiger charge is -2.19. The Kier molecular flexibility index (Phi) is 5.28. The highest BCUT2D eigenvalue weighted by Gasteiger charge is 2.37. The van der Waals surface area contributed by atoms with Gasteiger partial charge in [-0.05, 0) is 37.6 Å². The third-order valence-electron chi connectivity index (χ3n) is 4.41. The van der Waals surface area contributed by atoms with Crippen LogP contribution < -0.4 is 10.1 Å². The third kappa shape index (κ3) is 3.45. The van der Waals surface area contributed by atoms with Crippen LogP contribution in [0, 0.1) is 5.92 Å². The van der Waals surface area contributed by atoms with E-state index >= 15 is 0 Å². The minimum Gasteiger partial charge on any atom is -0.495 e. The highest BCUT2D eigenvalue weighted by Crippen LogP contribution is 2.32. The van der Waals surface area contributed by atoms with Crippen LogP contribution in [0.2, 0.25) is 0 Å². The summed E-state index contributed by atoms with van der Waals surface area (Å²) in [5.74, 6) is -0.171. The van der Waals surface area contributed by atoms with E-state index in [1.54, 1.807) is 41.3 Å². The molecular weight excluding hydrogens is 356 g/mol. The second-order valence-corrected chi connectivity index (χ2v) is 7.94. The molecule has 2 aromatic rings. The van der Waals surface area contributed by atoms with Crippen LogP contribution >= 0.6 is 0 Å². The van der Waals surface area contributed by atoms with Crippen LogP contribution in [0.1, 0.15) is 13.3 Å². The zero-order chi connectivity index (χ0) is 18.7. The van der Waals surface area contributed by atoms with Gasteiger partial charge in [-0.15, -0.1) is 0 Å². The molecule has 0 unspecified atom stereocenters. The average Bonchev–Trinajstić information content (AvgIpc) is 3.33. The number of aromatic nitrogens is 2. The summed E-state index contributed by atoms with van der Waals surface area (Å²) in [7, 11) is -2.36. The number of sulfonamides is 1. The van der Waals surface area contributed by atoms with E-state index in [-0.39, 0.29) is 29.0 Å². The number of amides is 1. The highest BCUT2D eigenvalue weighted by molar-refractivity contribution is 7.89. The van der Waals surface area contributed by atoms with Crippen molar-refractivity contribution >= 4 is 15.9 Å². The molecule has 26 heavy (non-hydrogen) atoms. The van der Waals surface area contributed by atoms with E-state index in [4.69, 9.17) is 4.74 Å². The topological polar surface area (TPSA) is 93.5 Å². The van der Waals surface area contributed by atoms with Gasteiger partial charge < -0.3 is 10.1 Å². The van der Waals surface area contributed by atoms with Crippen molar-refractivity contribution in [3.63, 3.8) is 0 Å². The first-order chi connectivity index (χ1) is 12.5. The van der Waals surface area contributed by atoms with Gasteiger partial charge in [-0.25, -0.2) is 13.1 Å². The van der Waals surface area contributed by atoms with Gasteiger partial charge in [0.15, 0.2) is 0 Å². The van der Waals surface area contributed by atoms with Crippen LogP contribution in [-0.2, 0) is 14.8 Å². The van der Waals surface area contributed by atoms with E-state index in [1.807, 2.05) is 6.92 Å². The predicted molar refractivity (Wildman–Crippen MR) is 95.7 cm³/mol. The van der Waals surface area contributed by atoms with Crippen LogP contribution in [0.5, 0.6) is 5.75 Å². The van der Waals surface area contributed by atoms with Crippen LogP contribution in [0.4, 0.5) is 0 Å². The number of carbonyl (C=O) groups is 1. The second kappa shape index (κ2) is 7.46. The lowest BCUT2D eigenvalue weighted by molar-refractivity contribution is -0.124. The fourth-order valence-corrected chi connectivity index (χ4v) is 4.72. The molecule has 1 saturated heterocycles. The van der Waals surface area contributed by atoms with E-state index in [0.717, 1.165) is 0 Å². The smallest absolute Gasteiger partial charge is 0.246 e. The van der Waals surface area contributed by atoms with E-state index < -0.39 is 10.0 Å². The number of carbonyl (C=O) groups excluding carboxylic acids is 1. The summed E-state index contributed by atoms with van der Waals surface area (Å²) in [5, 5.41) is 6.89. The van der Waals surface area contributed by atoms with Gasteiger partial charge in [0.1, 0.15) is 10.6 Å². The van der Waals surface area contributed by atoms with E-state index in [0.29, 0.717) is 25.2 Å². The summed E-state index contributed by atoms with van der Waals surface area (Å²) in [6.45, 7) is 2.84. The summed E-state index contributed by atoms with van der Waals surface area (Å²) in [6, 6.07) is 6.66. The van der Waals surface area contributed by atoms with E-state index in [9.17, 15) is 13.2 Å². The molecule has 0 spiro atoms. The van der Waals surface area contributed by atoms with Gasteiger partial charge in [-0.2, -0.15) is 9.40 Å². The van der Waals surface area contributed by atoms with Crippen LogP contribution in [-0.4, -0.2) is 55.2 Å². The van der Waals surface area contributed by atoms with Gasteiger partial charge >= 0.3 is 0 Å². The van der Waals surface area contributed by atoms with Crippen LogP contribution in [0.25, 0.3) is 5.69 Å². The molecule has 2 heterocycles. The zero-order valence-electron chi connectivity index (χ0n) is 14.8. The zero-order valence-corrected chi connectivity index (χ0v) is 15.6. The molecule has 1 amide bonds. The maximum atomic E-state index is 13.1. The van der Waals surface area contributed by atoms with Gasteiger partial charge in [-0.1, -0.05) is 0 Å². The van der Waals surface area contributed by atoms with Gasteiger partial charge in [-0.3, -0.25) is 4.79 Å². The highest BCUT2D eigenvalue weighted by atomic mass is 32.2. The Balaban J connectivity index is 1.92. The van der Waals surface area contributed by atoms with Crippen molar-refractivity contribution in [2.45, 2.75) is 18.2 Å². The standard InChI is InChI=1S/C17H22N4O4S/c1-3-18-17(22)13-7-10-20(12-13)26(23,24)16-11-14(5-6-15(16)25-2)21-9-4-8-19-21/h4-6,8-9,11,13H,3,7,10,12H2,1-2H3,(H,18,22)/t13-/m0/s1. The molecule has 1 atom stereocenters. The van der Waals surface area contributed by atoms with Crippen LogP contribution in [0.3, 0.4) is 0 Å². The minimum absolute atomic E-state index is 0.0737. The summed E-state index contributed by atoms with van der Waals surface area (Å²) < 4.78 is 34.5. The molecular formula is C17H22N4O4S. The molecule has 0 bridgehead atoms. The molecule has 1 fully saturated rings. The summed E-state index contributed by atoms with van der Waals surface area (Å²) >= 11 is 0. The molecule has 1 N–H and O–H groups in total. The molecule has 9 heteroatoms. The Morgan fingerprint density at radius 1 is 1.42 bits per heavy atom. The Bertz CT molecular complexity index is 880. The van der Waals surface area contributed by atoms with Gasteiger partial charge in [0, 0.05) is 32.0 Å².